The maximum atomic E-state index is 13.5. The largest absolute Gasteiger partial charge is 0.477 e. The van der Waals surface area contributed by atoms with Crippen LogP contribution in [0.4, 0.5) is 14.6 Å². The topological polar surface area (TPSA) is 58.5 Å². The molecule has 2 atom stereocenters. The Morgan fingerprint density at radius 3 is 2.87 bits per heavy atom. The van der Waals surface area contributed by atoms with E-state index in [0.717, 1.165) is 12.1 Å². The van der Waals surface area contributed by atoms with Crippen molar-refractivity contribution in [3.05, 3.63) is 47.8 Å². The van der Waals surface area contributed by atoms with Gasteiger partial charge in [-0.25, -0.2) is 8.78 Å². The minimum absolute atomic E-state index is 0.300. The number of ether oxygens (including phenoxy) is 1. The summed E-state index contributed by atoms with van der Waals surface area (Å²) in [5.74, 6) is -0.882. The second-order valence-corrected chi connectivity index (χ2v) is 5.38. The van der Waals surface area contributed by atoms with E-state index in [0.29, 0.717) is 36.8 Å². The third-order valence-electron chi connectivity index (χ3n) is 3.79. The van der Waals surface area contributed by atoms with E-state index < -0.39 is 17.7 Å². The maximum absolute atomic E-state index is 13.5. The lowest BCUT2D eigenvalue weighted by Crippen LogP contribution is -2.25. The molecule has 1 saturated heterocycles. The lowest BCUT2D eigenvalue weighted by molar-refractivity contribution is 0.194. The van der Waals surface area contributed by atoms with Crippen molar-refractivity contribution in [2.75, 3.05) is 18.1 Å². The van der Waals surface area contributed by atoms with Crippen molar-refractivity contribution in [2.24, 2.45) is 0 Å². The van der Waals surface area contributed by atoms with E-state index in [1.165, 1.54) is 12.3 Å². The number of hydrogen-bond donors (Lipinski definition) is 1. The van der Waals surface area contributed by atoms with Crippen LogP contribution in [0.25, 0.3) is 0 Å². The predicted octanol–water partition coefficient (Wildman–Crippen LogP) is 2.47. The fourth-order valence-corrected chi connectivity index (χ4v) is 2.80. The number of benzene rings is 1. The SMILES string of the molecule is CCOc1cncc(N2C[C@H](O)C[C@@H]2c2ccc(F)c(F)c2)n1. The monoisotopic (exact) mass is 321 g/mol. The minimum Gasteiger partial charge on any atom is -0.477 e. The highest BCUT2D eigenvalue weighted by molar-refractivity contribution is 5.44. The average molecular weight is 321 g/mol. The van der Waals surface area contributed by atoms with E-state index >= 15 is 0 Å². The molecule has 0 saturated carbocycles. The standard InChI is InChI=1S/C16H17F2N3O2/c1-2-23-16-8-19-7-15(20-16)21-9-11(22)6-14(21)10-3-4-12(17)13(18)5-10/h3-5,7-8,11,14,22H,2,6,9H2,1H3/t11-,14-/m1/s1. The van der Waals surface area contributed by atoms with Gasteiger partial charge in [0.25, 0.3) is 0 Å². The van der Waals surface area contributed by atoms with E-state index in [1.807, 2.05) is 11.8 Å². The van der Waals surface area contributed by atoms with Crippen LogP contribution in [0.15, 0.2) is 30.6 Å². The van der Waals surface area contributed by atoms with E-state index in [4.69, 9.17) is 4.74 Å². The van der Waals surface area contributed by atoms with Crippen LogP contribution in [0.3, 0.4) is 0 Å². The van der Waals surface area contributed by atoms with Crippen molar-refractivity contribution in [2.45, 2.75) is 25.5 Å². The third kappa shape index (κ3) is 3.24. The van der Waals surface area contributed by atoms with Crippen LogP contribution in [-0.4, -0.2) is 34.3 Å². The summed E-state index contributed by atoms with van der Waals surface area (Å²) in [6.07, 6.45) is 2.90. The molecule has 122 valence electrons. The van der Waals surface area contributed by atoms with E-state index in [-0.39, 0.29) is 6.04 Å². The van der Waals surface area contributed by atoms with Gasteiger partial charge < -0.3 is 14.7 Å². The lowest BCUT2D eigenvalue weighted by Gasteiger charge is -2.25. The molecule has 0 unspecified atom stereocenters. The molecule has 0 radical (unpaired) electrons. The van der Waals surface area contributed by atoms with Gasteiger partial charge in [0, 0.05) is 6.54 Å². The van der Waals surface area contributed by atoms with Gasteiger partial charge in [-0.15, -0.1) is 0 Å². The minimum atomic E-state index is -0.905. The highest BCUT2D eigenvalue weighted by Crippen LogP contribution is 2.36. The number of aromatic nitrogens is 2. The first kappa shape index (κ1) is 15.6. The molecule has 0 amide bonds. The van der Waals surface area contributed by atoms with E-state index in [1.54, 1.807) is 6.20 Å². The van der Waals surface area contributed by atoms with Gasteiger partial charge in [-0.3, -0.25) is 4.98 Å². The number of rotatable bonds is 4. The number of anilines is 1. The molecule has 1 aliphatic heterocycles. The molecule has 0 spiro atoms. The summed E-state index contributed by atoms with van der Waals surface area (Å²) >= 11 is 0. The summed E-state index contributed by atoms with van der Waals surface area (Å²) in [4.78, 5) is 10.3. The summed E-state index contributed by atoms with van der Waals surface area (Å²) in [5, 5.41) is 10.0. The number of halogens is 2. The Balaban J connectivity index is 1.93. The average Bonchev–Trinajstić information content (AvgIpc) is 2.93. The highest BCUT2D eigenvalue weighted by atomic mass is 19.2. The van der Waals surface area contributed by atoms with Gasteiger partial charge in [0.05, 0.1) is 31.1 Å². The van der Waals surface area contributed by atoms with Crippen molar-refractivity contribution in [1.82, 2.24) is 9.97 Å². The van der Waals surface area contributed by atoms with Crippen molar-refractivity contribution in [3.8, 4) is 5.88 Å². The first-order valence-electron chi connectivity index (χ1n) is 7.43. The maximum Gasteiger partial charge on any atom is 0.234 e. The Hall–Kier alpha value is -2.28. The Labute approximate surface area is 132 Å². The molecule has 7 heteroatoms. The summed E-state index contributed by atoms with van der Waals surface area (Å²) in [7, 11) is 0. The third-order valence-corrected chi connectivity index (χ3v) is 3.79. The molecule has 1 aromatic carbocycles. The Morgan fingerprint density at radius 2 is 2.13 bits per heavy atom. The lowest BCUT2D eigenvalue weighted by atomic mass is 10.0. The van der Waals surface area contributed by atoms with Crippen LogP contribution in [0.2, 0.25) is 0 Å². The fraction of sp³-hybridized carbons (Fsp3) is 0.375. The van der Waals surface area contributed by atoms with E-state index in [2.05, 4.69) is 9.97 Å². The number of aliphatic hydroxyl groups excluding tert-OH is 1. The quantitative estimate of drug-likeness (QED) is 0.937. The molecule has 5 nitrogen and oxygen atoms in total. The van der Waals surface area contributed by atoms with Crippen LogP contribution in [0.1, 0.15) is 24.9 Å². The van der Waals surface area contributed by atoms with Crippen molar-refractivity contribution < 1.29 is 18.6 Å². The Bertz CT molecular complexity index is 699. The molecule has 3 rings (SSSR count). The number of nitrogens with zero attached hydrogens (tertiary/aromatic N) is 3. The molecule has 1 N–H and O–H groups in total. The molecule has 23 heavy (non-hydrogen) atoms. The van der Waals surface area contributed by atoms with Crippen molar-refractivity contribution in [1.29, 1.82) is 0 Å². The first-order chi connectivity index (χ1) is 11.1. The molecule has 1 fully saturated rings. The van der Waals surface area contributed by atoms with Gasteiger partial charge in [0.15, 0.2) is 17.5 Å². The van der Waals surface area contributed by atoms with Gasteiger partial charge in [-0.2, -0.15) is 4.98 Å². The number of β-amino-alcohol motifs (C(OH)–C–C–N with tert-alkyl or cyclic N) is 1. The van der Waals surface area contributed by atoms with Crippen LogP contribution in [0, 0.1) is 11.6 Å². The van der Waals surface area contributed by atoms with Crippen LogP contribution in [-0.2, 0) is 0 Å². The molecule has 0 aliphatic carbocycles. The predicted molar refractivity (Wildman–Crippen MR) is 80.3 cm³/mol. The van der Waals surface area contributed by atoms with Gasteiger partial charge in [-0.05, 0) is 31.0 Å². The second kappa shape index (κ2) is 6.45. The molecule has 0 bridgehead atoms. The van der Waals surface area contributed by atoms with Crippen LogP contribution < -0.4 is 9.64 Å². The van der Waals surface area contributed by atoms with Crippen LogP contribution >= 0.6 is 0 Å². The van der Waals surface area contributed by atoms with Gasteiger partial charge >= 0.3 is 0 Å². The van der Waals surface area contributed by atoms with Crippen molar-refractivity contribution >= 4 is 5.82 Å². The van der Waals surface area contributed by atoms with Crippen molar-refractivity contribution in [3.63, 3.8) is 0 Å². The smallest absolute Gasteiger partial charge is 0.234 e. The number of aliphatic hydroxyl groups is 1. The van der Waals surface area contributed by atoms with Crippen LogP contribution in [0.5, 0.6) is 5.88 Å². The molecular weight excluding hydrogens is 304 g/mol. The molecule has 1 aliphatic rings. The molecule has 2 aromatic rings. The first-order valence-corrected chi connectivity index (χ1v) is 7.43. The zero-order valence-electron chi connectivity index (χ0n) is 12.6. The molecule has 1 aromatic heterocycles. The summed E-state index contributed by atoms with van der Waals surface area (Å²) in [6.45, 7) is 2.65. The summed E-state index contributed by atoms with van der Waals surface area (Å²) in [5.41, 5.74) is 0.587. The molecular formula is C16H17F2N3O2. The Kier molecular flexibility index (Phi) is 4.38. The number of hydrogen-bond acceptors (Lipinski definition) is 5. The highest BCUT2D eigenvalue weighted by Gasteiger charge is 2.33. The summed E-state index contributed by atoms with van der Waals surface area (Å²) in [6, 6.07) is 3.47. The fourth-order valence-electron chi connectivity index (χ4n) is 2.80. The Morgan fingerprint density at radius 1 is 1.30 bits per heavy atom. The van der Waals surface area contributed by atoms with Gasteiger partial charge in [-0.1, -0.05) is 6.07 Å². The normalized spacial score (nSPS) is 20.8. The zero-order valence-corrected chi connectivity index (χ0v) is 12.6. The van der Waals surface area contributed by atoms with Gasteiger partial charge in [0.2, 0.25) is 5.88 Å². The summed E-state index contributed by atoms with van der Waals surface area (Å²) < 4.78 is 32.0. The molecule has 2 heterocycles. The second-order valence-electron chi connectivity index (χ2n) is 5.38. The van der Waals surface area contributed by atoms with Gasteiger partial charge in [0.1, 0.15) is 0 Å². The zero-order chi connectivity index (χ0) is 16.4. The van der Waals surface area contributed by atoms with E-state index in [9.17, 15) is 13.9 Å².